The number of aromatic amines is 1. The van der Waals surface area contributed by atoms with Gasteiger partial charge < -0.3 is 10.1 Å². The molecule has 1 aromatic heterocycles. The first-order valence-corrected chi connectivity index (χ1v) is 9.57. The molecule has 0 radical (unpaired) electrons. The summed E-state index contributed by atoms with van der Waals surface area (Å²) in [5.74, 6) is 1.43. The van der Waals surface area contributed by atoms with Crippen LogP contribution >= 0.6 is 11.8 Å². The summed E-state index contributed by atoms with van der Waals surface area (Å²) in [4.78, 5) is 24.0. The van der Waals surface area contributed by atoms with Crippen molar-refractivity contribution in [1.82, 2.24) is 20.1 Å². The molecule has 0 aliphatic heterocycles. The van der Waals surface area contributed by atoms with E-state index in [4.69, 9.17) is 4.74 Å². The standard InChI is InChI=1S/C16H28N4O3S/c1-11-6-4-7-13(12(11)2)17-14(21)10-24-16-19-18-15(22)20(16)8-5-9-23-3/h11-13H,4-10H2,1-3H3,(H,17,21)(H,18,22). The highest BCUT2D eigenvalue weighted by atomic mass is 32.2. The Hall–Kier alpha value is -1.28. The topological polar surface area (TPSA) is 89.0 Å². The molecule has 1 saturated carbocycles. The van der Waals surface area contributed by atoms with Gasteiger partial charge in [-0.05, 0) is 24.7 Å². The third-order valence-corrected chi connectivity index (χ3v) is 5.82. The second-order valence-electron chi connectivity index (χ2n) is 6.54. The van der Waals surface area contributed by atoms with Crippen LogP contribution in [0.1, 0.15) is 39.5 Å². The van der Waals surface area contributed by atoms with Crippen LogP contribution in [0.5, 0.6) is 0 Å². The average molecular weight is 356 g/mol. The van der Waals surface area contributed by atoms with Crippen LogP contribution in [0, 0.1) is 11.8 Å². The third-order valence-electron chi connectivity index (χ3n) is 4.84. The van der Waals surface area contributed by atoms with Gasteiger partial charge in [-0.3, -0.25) is 9.36 Å². The van der Waals surface area contributed by atoms with Gasteiger partial charge in [0.25, 0.3) is 0 Å². The van der Waals surface area contributed by atoms with Crippen molar-refractivity contribution in [3.63, 3.8) is 0 Å². The van der Waals surface area contributed by atoms with Gasteiger partial charge in [-0.1, -0.05) is 38.5 Å². The lowest BCUT2D eigenvalue weighted by Gasteiger charge is -2.34. The van der Waals surface area contributed by atoms with Gasteiger partial charge in [0.2, 0.25) is 5.91 Å². The predicted molar refractivity (Wildman–Crippen MR) is 94.2 cm³/mol. The van der Waals surface area contributed by atoms with Crippen molar-refractivity contribution in [1.29, 1.82) is 0 Å². The van der Waals surface area contributed by atoms with E-state index in [1.807, 2.05) is 0 Å². The molecule has 0 saturated heterocycles. The zero-order valence-corrected chi connectivity index (χ0v) is 15.5. The summed E-state index contributed by atoms with van der Waals surface area (Å²) >= 11 is 1.29. The molecule has 1 aliphatic carbocycles. The molecule has 1 aromatic rings. The molecule has 1 heterocycles. The van der Waals surface area contributed by atoms with E-state index in [0.29, 0.717) is 30.1 Å². The predicted octanol–water partition coefficient (Wildman–Crippen LogP) is 1.64. The monoisotopic (exact) mass is 356 g/mol. The quantitative estimate of drug-likeness (QED) is 0.546. The van der Waals surface area contributed by atoms with E-state index in [1.165, 1.54) is 24.6 Å². The smallest absolute Gasteiger partial charge is 0.343 e. The van der Waals surface area contributed by atoms with Crippen molar-refractivity contribution < 1.29 is 9.53 Å². The molecule has 1 fully saturated rings. The Morgan fingerprint density at radius 3 is 3.00 bits per heavy atom. The van der Waals surface area contributed by atoms with E-state index >= 15 is 0 Å². The number of nitrogens with zero attached hydrogens (tertiary/aromatic N) is 2. The molecule has 2 N–H and O–H groups in total. The average Bonchev–Trinajstić information content (AvgIpc) is 2.91. The molecule has 0 aromatic carbocycles. The maximum Gasteiger partial charge on any atom is 0.343 e. The first-order valence-electron chi connectivity index (χ1n) is 8.59. The van der Waals surface area contributed by atoms with E-state index < -0.39 is 0 Å². The van der Waals surface area contributed by atoms with E-state index in [0.717, 1.165) is 12.8 Å². The minimum absolute atomic E-state index is 0.00448. The minimum atomic E-state index is -0.247. The molecule has 0 bridgehead atoms. The fourth-order valence-corrected chi connectivity index (χ4v) is 3.93. The fraction of sp³-hybridized carbons (Fsp3) is 0.812. The van der Waals surface area contributed by atoms with E-state index in [2.05, 4.69) is 29.4 Å². The lowest BCUT2D eigenvalue weighted by atomic mass is 9.78. The lowest BCUT2D eigenvalue weighted by Crippen LogP contribution is -2.44. The second-order valence-corrected chi connectivity index (χ2v) is 7.48. The lowest BCUT2D eigenvalue weighted by molar-refractivity contribution is -0.120. The second kappa shape index (κ2) is 9.27. The van der Waals surface area contributed by atoms with Crippen molar-refractivity contribution in [2.24, 2.45) is 11.8 Å². The maximum absolute atomic E-state index is 12.2. The van der Waals surface area contributed by atoms with Gasteiger partial charge in [0.1, 0.15) is 0 Å². The van der Waals surface area contributed by atoms with Gasteiger partial charge in [0, 0.05) is 26.3 Å². The summed E-state index contributed by atoms with van der Waals surface area (Å²) < 4.78 is 6.56. The molecule has 0 spiro atoms. The Bertz CT molecular complexity index is 586. The number of hydrogen-bond acceptors (Lipinski definition) is 5. The summed E-state index contributed by atoms with van der Waals surface area (Å²) in [6, 6.07) is 0.255. The Morgan fingerprint density at radius 2 is 2.25 bits per heavy atom. The van der Waals surface area contributed by atoms with Crippen molar-refractivity contribution in [2.45, 2.75) is 57.3 Å². The highest BCUT2D eigenvalue weighted by Gasteiger charge is 2.28. The number of amides is 1. The first-order chi connectivity index (χ1) is 11.5. The van der Waals surface area contributed by atoms with Crippen molar-refractivity contribution in [2.75, 3.05) is 19.5 Å². The van der Waals surface area contributed by atoms with E-state index in [1.54, 1.807) is 11.7 Å². The first kappa shape index (κ1) is 19.1. The zero-order chi connectivity index (χ0) is 17.5. The maximum atomic E-state index is 12.2. The number of ether oxygens (including phenoxy) is 1. The van der Waals surface area contributed by atoms with Crippen LogP contribution in [0.25, 0.3) is 0 Å². The van der Waals surface area contributed by atoms with Crippen LogP contribution in [0.4, 0.5) is 0 Å². The van der Waals surface area contributed by atoms with Gasteiger partial charge in [-0.15, -0.1) is 5.10 Å². The molecule has 136 valence electrons. The number of nitrogens with one attached hydrogen (secondary N) is 2. The van der Waals surface area contributed by atoms with Crippen molar-refractivity contribution >= 4 is 17.7 Å². The molecule has 1 amide bonds. The van der Waals surface area contributed by atoms with Gasteiger partial charge >= 0.3 is 5.69 Å². The van der Waals surface area contributed by atoms with Gasteiger partial charge in [-0.2, -0.15) is 0 Å². The van der Waals surface area contributed by atoms with E-state index in [-0.39, 0.29) is 23.4 Å². The zero-order valence-electron chi connectivity index (χ0n) is 14.7. The Labute approximate surface area is 146 Å². The molecule has 2 rings (SSSR count). The number of aromatic nitrogens is 3. The summed E-state index contributed by atoms with van der Waals surface area (Å²) in [5.41, 5.74) is -0.247. The van der Waals surface area contributed by atoms with Crippen LogP contribution in [0.2, 0.25) is 0 Å². The number of hydrogen-bond donors (Lipinski definition) is 2. The minimum Gasteiger partial charge on any atom is -0.385 e. The van der Waals surface area contributed by atoms with Crippen LogP contribution in [-0.4, -0.2) is 46.2 Å². The highest BCUT2D eigenvalue weighted by Crippen LogP contribution is 2.29. The number of thioether (sulfide) groups is 1. The van der Waals surface area contributed by atoms with Crippen LogP contribution in [-0.2, 0) is 16.1 Å². The van der Waals surface area contributed by atoms with Crippen LogP contribution in [0.3, 0.4) is 0 Å². The largest absolute Gasteiger partial charge is 0.385 e. The van der Waals surface area contributed by atoms with Crippen LogP contribution in [0.15, 0.2) is 9.95 Å². The fourth-order valence-electron chi connectivity index (χ4n) is 3.14. The van der Waals surface area contributed by atoms with Crippen LogP contribution < -0.4 is 11.0 Å². The molecule has 24 heavy (non-hydrogen) atoms. The van der Waals surface area contributed by atoms with Gasteiger partial charge in [0.05, 0.1) is 5.75 Å². The molecule has 3 atom stereocenters. The molecular formula is C16H28N4O3S. The van der Waals surface area contributed by atoms with E-state index in [9.17, 15) is 9.59 Å². The Morgan fingerprint density at radius 1 is 1.46 bits per heavy atom. The highest BCUT2D eigenvalue weighted by molar-refractivity contribution is 7.99. The molecular weight excluding hydrogens is 328 g/mol. The van der Waals surface area contributed by atoms with Gasteiger partial charge in [-0.25, -0.2) is 9.89 Å². The van der Waals surface area contributed by atoms with Gasteiger partial charge in [0.15, 0.2) is 5.16 Å². The summed E-state index contributed by atoms with van der Waals surface area (Å²) in [5, 5.41) is 10.1. The Kier molecular flexibility index (Phi) is 7.36. The number of rotatable bonds is 8. The molecule has 7 nitrogen and oxygen atoms in total. The molecule has 3 unspecified atom stereocenters. The Balaban J connectivity index is 1.84. The van der Waals surface area contributed by atoms with Crippen molar-refractivity contribution in [3.05, 3.63) is 10.5 Å². The number of carbonyl (C=O) groups excluding carboxylic acids is 1. The molecule has 1 aliphatic rings. The third kappa shape index (κ3) is 5.11. The number of methoxy groups -OCH3 is 1. The normalized spacial score (nSPS) is 24.0. The number of carbonyl (C=O) groups is 1. The SMILES string of the molecule is COCCCn1c(SCC(=O)NC2CCCC(C)C2C)n[nH]c1=O. The molecule has 8 heteroatoms. The summed E-state index contributed by atoms with van der Waals surface area (Å²) in [7, 11) is 1.63. The van der Waals surface area contributed by atoms with Crippen molar-refractivity contribution in [3.8, 4) is 0 Å². The number of H-pyrrole nitrogens is 1. The summed E-state index contributed by atoms with van der Waals surface area (Å²) in [6.45, 7) is 5.58. The summed E-state index contributed by atoms with van der Waals surface area (Å²) in [6.07, 6.45) is 4.19.